The average molecular weight is 308 g/mol. The summed E-state index contributed by atoms with van der Waals surface area (Å²) in [5.41, 5.74) is 2.38. The van der Waals surface area contributed by atoms with Crippen molar-refractivity contribution in [2.45, 2.75) is 25.8 Å². The monoisotopic (exact) mass is 308 g/mol. The summed E-state index contributed by atoms with van der Waals surface area (Å²) in [7, 11) is 0. The zero-order chi connectivity index (χ0) is 14.8. The number of nitrogens with one attached hydrogen (secondary N) is 1. The predicted molar refractivity (Wildman–Crippen MR) is 78.1 cm³/mol. The van der Waals surface area contributed by atoms with E-state index in [-0.39, 0.29) is 12.3 Å². The predicted octanol–water partition coefficient (Wildman–Crippen LogP) is 0.825. The lowest BCUT2D eigenvalue weighted by Crippen LogP contribution is -2.54. The van der Waals surface area contributed by atoms with Crippen LogP contribution in [0.2, 0.25) is 0 Å². The third kappa shape index (κ3) is 7.31. The van der Waals surface area contributed by atoms with Gasteiger partial charge in [-0.15, -0.1) is 0 Å². The minimum atomic E-state index is -1.12. The van der Waals surface area contributed by atoms with Gasteiger partial charge in [-0.3, -0.25) is 15.0 Å². The fourth-order valence-corrected chi connectivity index (χ4v) is 2.20. The third-order valence-corrected chi connectivity index (χ3v) is 3.57. The van der Waals surface area contributed by atoms with Crippen LogP contribution in [0, 0.1) is 0 Å². The number of thioether (sulfide) groups is 2. The highest BCUT2D eigenvalue weighted by Crippen LogP contribution is 2.08. The molecule has 0 fully saturated rings. The molecule has 0 radical (unpaired) electrons. The summed E-state index contributed by atoms with van der Waals surface area (Å²) in [6.07, 6.45) is 4.27. The molecule has 0 rings (SSSR count). The van der Waals surface area contributed by atoms with Gasteiger partial charge in [0.25, 0.3) is 0 Å². The van der Waals surface area contributed by atoms with E-state index < -0.39 is 17.9 Å². The molecular weight excluding hydrogens is 288 g/mol. The molecule has 1 atom stereocenters. The summed E-state index contributed by atoms with van der Waals surface area (Å²) in [6.45, 7) is 1.24. The van der Waals surface area contributed by atoms with Gasteiger partial charge in [-0.2, -0.15) is 23.5 Å². The van der Waals surface area contributed by atoms with E-state index in [9.17, 15) is 14.4 Å². The van der Waals surface area contributed by atoms with Crippen molar-refractivity contribution in [2.24, 2.45) is 0 Å². The summed E-state index contributed by atoms with van der Waals surface area (Å²) in [6, 6.07) is -1.02. The van der Waals surface area contributed by atoms with Gasteiger partial charge in [-0.05, 0) is 24.7 Å². The molecule has 19 heavy (non-hydrogen) atoms. The van der Waals surface area contributed by atoms with E-state index in [4.69, 9.17) is 5.11 Å². The molecular formula is C11H20N2O4S2. The van der Waals surface area contributed by atoms with Crippen LogP contribution in [0.15, 0.2) is 0 Å². The van der Waals surface area contributed by atoms with Gasteiger partial charge in [0.05, 0.1) is 0 Å². The zero-order valence-electron chi connectivity index (χ0n) is 11.3. The number of hydrogen-bond donors (Lipinski definition) is 2. The van der Waals surface area contributed by atoms with Crippen molar-refractivity contribution in [1.29, 1.82) is 0 Å². The van der Waals surface area contributed by atoms with Crippen LogP contribution in [0.1, 0.15) is 19.8 Å². The van der Waals surface area contributed by atoms with Crippen LogP contribution in [-0.4, -0.2) is 58.0 Å². The smallest absolute Gasteiger partial charge is 0.328 e. The number of hydrazine groups is 1. The zero-order valence-corrected chi connectivity index (χ0v) is 13.0. The molecule has 0 aromatic carbocycles. The number of nitrogens with zero attached hydrogens (tertiary/aromatic N) is 1. The number of aliphatic carboxylic acids is 1. The molecule has 2 amide bonds. The maximum Gasteiger partial charge on any atom is 0.328 e. The van der Waals surface area contributed by atoms with Gasteiger partial charge < -0.3 is 5.11 Å². The van der Waals surface area contributed by atoms with Gasteiger partial charge in [-0.25, -0.2) is 9.80 Å². The van der Waals surface area contributed by atoms with Crippen molar-refractivity contribution in [2.75, 3.05) is 24.0 Å². The SMILES string of the molecule is CSCCC(=O)NN(C(C)=O)[C@@H](CCSC)C(=O)O. The Bertz CT molecular complexity index is 326. The van der Waals surface area contributed by atoms with E-state index in [0.717, 1.165) is 5.01 Å². The first-order chi connectivity index (χ1) is 8.93. The largest absolute Gasteiger partial charge is 0.480 e. The number of rotatable bonds is 8. The van der Waals surface area contributed by atoms with Crippen molar-refractivity contribution in [3.63, 3.8) is 0 Å². The normalized spacial score (nSPS) is 11.7. The van der Waals surface area contributed by atoms with Gasteiger partial charge in [0.2, 0.25) is 11.8 Å². The lowest BCUT2D eigenvalue weighted by molar-refractivity contribution is -0.155. The number of carboxylic acid groups (broad SMARTS) is 1. The van der Waals surface area contributed by atoms with E-state index in [1.165, 1.54) is 30.4 Å². The molecule has 6 nitrogen and oxygen atoms in total. The number of amides is 2. The van der Waals surface area contributed by atoms with E-state index in [1.54, 1.807) is 0 Å². The third-order valence-electron chi connectivity index (χ3n) is 2.31. The van der Waals surface area contributed by atoms with Crippen LogP contribution in [-0.2, 0) is 14.4 Å². The lowest BCUT2D eigenvalue weighted by Gasteiger charge is -2.28. The van der Waals surface area contributed by atoms with Crippen LogP contribution < -0.4 is 5.43 Å². The molecule has 0 unspecified atom stereocenters. The lowest BCUT2D eigenvalue weighted by atomic mass is 10.2. The topological polar surface area (TPSA) is 86.7 Å². The quantitative estimate of drug-likeness (QED) is 0.646. The summed E-state index contributed by atoms with van der Waals surface area (Å²) in [5, 5.41) is 10.1. The maximum atomic E-state index is 11.6. The molecule has 0 saturated carbocycles. The fraction of sp³-hybridized carbons (Fsp3) is 0.727. The number of carbonyl (C=O) groups is 3. The highest BCUT2D eigenvalue weighted by atomic mass is 32.2. The Balaban J connectivity index is 4.70. The van der Waals surface area contributed by atoms with Crippen LogP contribution in [0.25, 0.3) is 0 Å². The molecule has 0 aliphatic heterocycles. The van der Waals surface area contributed by atoms with Crippen molar-refractivity contribution >= 4 is 41.3 Å². The van der Waals surface area contributed by atoms with Gasteiger partial charge in [0.15, 0.2) is 6.04 Å². The Morgan fingerprint density at radius 3 is 2.21 bits per heavy atom. The Morgan fingerprint density at radius 1 is 1.21 bits per heavy atom. The second-order valence-electron chi connectivity index (χ2n) is 3.80. The summed E-state index contributed by atoms with van der Waals surface area (Å²) in [4.78, 5) is 34.3. The van der Waals surface area contributed by atoms with E-state index >= 15 is 0 Å². The molecule has 0 aromatic heterocycles. The molecule has 2 N–H and O–H groups in total. The molecule has 0 aliphatic rings. The standard InChI is InChI=1S/C11H20N2O4S2/c1-8(14)13(12-10(15)5-7-19-3)9(11(16)17)4-6-18-2/h9H,4-7H2,1-3H3,(H,12,15)(H,16,17)/t9-/m0/s1. The highest BCUT2D eigenvalue weighted by Gasteiger charge is 2.28. The number of carboxylic acids is 1. The summed E-state index contributed by atoms with van der Waals surface area (Å²) in [5.74, 6) is -0.720. The minimum Gasteiger partial charge on any atom is -0.480 e. The molecule has 0 aliphatic carbocycles. The first-order valence-electron chi connectivity index (χ1n) is 5.74. The van der Waals surface area contributed by atoms with Crippen LogP contribution >= 0.6 is 23.5 Å². The second kappa shape index (κ2) is 9.96. The van der Waals surface area contributed by atoms with Crippen molar-refractivity contribution in [3.8, 4) is 0 Å². The summed E-state index contributed by atoms with van der Waals surface area (Å²) < 4.78 is 0. The molecule has 0 aromatic rings. The Kier molecular flexibility index (Phi) is 9.50. The minimum absolute atomic E-state index is 0.250. The van der Waals surface area contributed by atoms with Crippen LogP contribution in [0.3, 0.4) is 0 Å². The molecule has 0 heterocycles. The molecule has 0 saturated heterocycles. The Labute approximate surface area is 121 Å². The number of hydrogen-bond acceptors (Lipinski definition) is 5. The highest BCUT2D eigenvalue weighted by molar-refractivity contribution is 7.98. The van der Waals surface area contributed by atoms with Crippen LogP contribution in [0.5, 0.6) is 0 Å². The fourth-order valence-electron chi connectivity index (χ4n) is 1.35. The average Bonchev–Trinajstić information content (AvgIpc) is 2.34. The Morgan fingerprint density at radius 2 is 1.79 bits per heavy atom. The maximum absolute atomic E-state index is 11.6. The van der Waals surface area contributed by atoms with Crippen molar-refractivity contribution in [1.82, 2.24) is 10.4 Å². The van der Waals surface area contributed by atoms with Crippen molar-refractivity contribution < 1.29 is 19.5 Å². The van der Waals surface area contributed by atoms with E-state index in [0.29, 0.717) is 17.9 Å². The first kappa shape index (κ1) is 18.1. The van der Waals surface area contributed by atoms with E-state index in [2.05, 4.69) is 5.43 Å². The van der Waals surface area contributed by atoms with Gasteiger partial charge in [0, 0.05) is 19.1 Å². The molecule has 110 valence electrons. The summed E-state index contributed by atoms with van der Waals surface area (Å²) >= 11 is 3.00. The molecule has 0 bridgehead atoms. The van der Waals surface area contributed by atoms with Crippen molar-refractivity contribution in [3.05, 3.63) is 0 Å². The number of carbonyl (C=O) groups excluding carboxylic acids is 2. The van der Waals surface area contributed by atoms with Gasteiger partial charge in [0.1, 0.15) is 0 Å². The second-order valence-corrected chi connectivity index (χ2v) is 5.77. The van der Waals surface area contributed by atoms with E-state index in [1.807, 2.05) is 12.5 Å². The molecule has 8 heteroatoms. The Hall–Kier alpha value is -0.890. The van der Waals surface area contributed by atoms with Gasteiger partial charge >= 0.3 is 5.97 Å². The van der Waals surface area contributed by atoms with Crippen LogP contribution in [0.4, 0.5) is 0 Å². The first-order valence-corrected chi connectivity index (χ1v) is 8.52. The molecule has 0 spiro atoms. The van der Waals surface area contributed by atoms with Gasteiger partial charge in [-0.1, -0.05) is 0 Å².